The summed E-state index contributed by atoms with van der Waals surface area (Å²) >= 11 is 0. The standard InChI is InChI=1S/C24H20F3N3O3/c1-33-13-14-5-7-15(8-6-14)19-10-17-11-22(29-21(17)12-20(19)24(25,26)27)28-18-4-2-3-16(9-18)23(31)30-32/h2-10,12,32H,11,13H2,1H3,(H,28,29)(H,30,31). The van der Waals surface area contributed by atoms with Crippen LogP contribution in [0.4, 0.5) is 24.5 Å². The monoisotopic (exact) mass is 455 g/mol. The number of methoxy groups -OCH3 is 1. The number of rotatable bonds is 5. The second-order valence-corrected chi connectivity index (χ2v) is 7.54. The molecule has 0 bridgehead atoms. The fourth-order valence-corrected chi connectivity index (χ4v) is 3.71. The summed E-state index contributed by atoms with van der Waals surface area (Å²) in [6.07, 6.45) is -4.24. The van der Waals surface area contributed by atoms with Gasteiger partial charge in [0.05, 0.1) is 17.9 Å². The third kappa shape index (κ3) is 4.89. The van der Waals surface area contributed by atoms with Crippen LogP contribution in [-0.4, -0.2) is 24.1 Å². The van der Waals surface area contributed by atoms with E-state index in [1.54, 1.807) is 49.0 Å². The molecule has 0 fully saturated rings. The Morgan fingerprint density at radius 3 is 2.55 bits per heavy atom. The number of alkyl halides is 3. The largest absolute Gasteiger partial charge is 0.417 e. The number of carbonyl (C=O) groups is 1. The van der Waals surface area contributed by atoms with E-state index in [1.807, 2.05) is 0 Å². The Bertz CT molecular complexity index is 1220. The summed E-state index contributed by atoms with van der Waals surface area (Å²) < 4.78 is 46.6. The van der Waals surface area contributed by atoms with Crippen molar-refractivity contribution in [3.05, 3.63) is 82.9 Å². The minimum Gasteiger partial charge on any atom is -0.380 e. The molecule has 0 aliphatic carbocycles. The van der Waals surface area contributed by atoms with Gasteiger partial charge in [-0.15, -0.1) is 0 Å². The van der Waals surface area contributed by atoms with Gasteiger partial charge in [-0.25, -0.2) is 10.5 Å². The highest BCUT2D eigenvalue weighted by atomic mass is 19.4. The molecule has 170 valence electrons. The molecule has 0 spiro atoms. The number of aliphatic imine (C=N–C) groups is 1. The van der Waals surface area contributed by atoms with Crippen LogP contribution in [0.1, 0.15) is 27.0 Å². The van der Waals surface area contributed by atoms with Gasteiger partial charge in [0.25, 0.3) is 5.91 Å². The van der Waals surface area contributed by atoms with Gasteiger partial charge in [-0.2, -0.15) is 13.2 Å². The number of amides is 1. The van der Waals surface area contributed by atoms with Crippen LogP contribution in [0.5, 0.6) is 0 Å². The summed E-state index contributed by atoms with van der Waals surface area (Å²) in [6, 6.07) is 15.7. The maximum absolute atomic E-state index is 13.9. The average Bonchev–Trinajstić information content (AvgIpc) is 3.19. The van der Waals surface area contributed by atoms with Gasteiger partial charge in [-0.05, 0) is 52.6 Å². The third-order valence-corrected chi connectivity index (χ3v) is 5.23. The highest BCUT2D eigenvalue weighted by molar-refractivity contribution is 6.03. The molecule has 3 N–H and O–H groups in total. The number of hydrogen-bond donors (Lipinski definition) is 3. The second kappa shape index (κ2) is 9.05. The Morgan fingerprint density at radius 1 is 1.12 bits per heavy atom. The van der Waals surface area contributed by atoms with Crippen LogP contribution in [0.3, 0.4) is 0 Å². The number of carbonyl (C=O) groups excluding carboxylic acids is 1. The summed E-state index contributed by atoms with van der Waals surface area (Å²) in [4.78, 5) is 15.9. The van der Waals surface area contributed by atoms with Gasteiger partial charge in [-0.3, -0.25) is 10.0 Å². The maximum Gasteiger partial charge on any atom is 0.417 e. The highest BCUT2D eigenvalue weighted by Gasteiger charge is 2.35. The van der Waals surface area contributed by atoms with Gasteiger partial charge >= 0.3 is 6.18 Å². The molecule has 3 aromatic rings. The first-order chi connectivity index (χ1) is 15.8. The van der Waals surface area contributed by atoms with E-state index < -0.39 is 17.6 Å². The molecule has 0 atom stereocenters. The summed E-state index contributed by atoms with van der Waals surface area (Å²) in [6.45, 7) is 0.376. The van der Waals surface area contributed by atoms with E-state index in [1.165, 1.54) is 18.2 Å². The smallest absolute Gasteiger partial charge is 0.380 e. The van der Waals surface area contributed by atoms with E-state index in [9.17, 15) is 18.0 Å². The molecule has 9 heteroatoms. The van der Waals surface area contributed by atoms with Crippen molar-refractivity contribution < 1.29 is 27.9 Å². The number of benzene rings is 3. The molecule has 0 saturated heterocycles. The minimum absolute atomic E-state index is 0.0864. The lowest BCUT2D eigenvalue weighted by molar-refractivity contribution is -0.137. The van der Waals surface area contributed by atoms with Crippen LogP contribution in [0.15, 0.2) is 65.7 Å². The number of amidine groups is 1. The molecular formula is C24H20F3N3O3. The molecule has 0 unspecified atom stereocenters. The number of nitrogens with zero attached hydrogens (tertiary/aromatic N) is 1. The lowest BCUT2D eigenvalue weighted by Gasteiger charge is -2.15. The Kier molecular flexibility index (Phi) is 6.17. The Hall–Kier alpha value is -3.69. The summed E-state index contributed by atoms with van der Waals surface area (Å²) in [5.74, 6) is -0.224. The summed E-state index contributed by atoms with van der Waals surface area (Å²) in [5, 5.41) is 11.8. The zero-order valence-corrected chi connectivity index (χ0v) is 17.5. The maximum atomic E-state index is 13.9. The van der Waals surface area contributed by atoms with E-state index in [2.05, 4.69) is 10.3 Å². The lowest BCUT2D eigenvalue weighted by Crippen LogP contribution is -2.19. The fraction of sp³-hybridized carbons (Fsp3) is 0.167. The molecule has 0 saturated carbocycles. The molecular weight excluding hydrogens is 435 g/mol. The van der Waals surface area contributed by atoms with Crippen molar-refractivity contribution in [2.75, 3.05) is 12.4 Å². The first-order valence-electron chi connectivity index (χ1n) is 10.00. The van der Waals surface area contributed by atoms with Crippen molar-refractivity contribution in [2.45, 2.75) is 19.2 Å². The molecule has 3 aromatic carbocycles. The van der Waals surface area contributed by atoms with Crippen molar-refractivity contribution >= 4 is 23.1 Å². The van der Waals surface area contributed by atoms with Crippen molar-refractivity contribution in [2.24, 2.45) is 4.99 Å². The van der Waals surface area contributed by atoms with Gasteiger partial charge in [0.15, 0.2) is 0 Å². The highest BCUT2D eigenvalue weighted by Crippen LogP contribution is 2.42. The molecule has 1 amide bonds. The number of anilines is 1. The van der Waals surface area contributed by atoms with E-state index in [4.69, 9.17) is 9.94 Å². The topological polar surface area (TPSA) is 83.0 Å². The van der Waals surface area contributed by atoms with Gasteiger partial charge in [-0.1, -0.05) is 30.3 Å². The van der Waals surface area contributed by atoms with Gasteiger partial charge in [0, 0.05) is 24.8 Å². The van der Waals surface area contributed by atoms with Crippen LogP contribution < -0.4 is 10.8 Å². The molecule has 33 heavy (non-hydrogen) atoms. The van der Waals surface area contributed by atoms with Crippen LogP contribution >= 0.6 is 0 Å². The normalized spacial score (nSPS) is 12.8. The zero-order valence-electron chi connectivity index (χ0n) is 17.5. The van der Waals surface area contributed by atoms with Crippen molar-refractivity contribution in [1.82, 2.24) is 5.48 Å². The number of fused-ring (bicyclic) bond motifs is 1. The van der Waals surface area contributed by atoms with Gasteiger partial charge in [0.1, 0.15) is 5.84 Å². The van der Waals surface area contributed by atoms with Crippen LogP contribution in [0.25, 0.3) is 11.1 Å². The molecule has 4 rings (SSSR count). The van der Waals surface area contributed by atoms with Crippen molar-refractivity contribution in [3.63, 3.8) is 0 Å². The van der Waals surface area contributed by atoms with Gasteiger partial charge in [0.2, 0.25) is 0 Å². The van der Waals surface area contributed by atoms with Crippen molar-refractivity contribution in [1.29, 1.82) is 0 Å². The predicted molar refractivity (Wildman–Crippen MR) is 118 cm³/mol. The third-order valence-electron chi connectivity index (χ3n) is 5.23. The Balaban J connectivity index is 1.64. The van der Waals surface area contributed by atoms with E-state index in [0.717, 1.165) is 11.6 Å². The molecule has 1 heterocycles. The number of hydroxylamine groups is 1. The summed E-state index contributed by atoms with van der Waals surface area (Å²) in [5.41, 5.74) is 3.85. The van der Waals surface area contributed by atoms with E-state index >= 15 is 0 Å². The second-order valence-electron chi connectivity index (χ2n) is 7.54. The predicted octanol–water partition coefficient (Wildman–Crippen LogP) is 5.34. The van der Waals surface area contributed by atoms with Crippen molar-refractivity contribution in [3.8, 4) is 11.1 Å². The van der Waals surface area contributed by atoms with Crippen LogP contribution in [-0.2, 0) is 23.9 Å². The van der Waals surface area contributed by atoms with Gasteiger partial charge < -0.3 is 10.1 Å². The quantitative estimate of drug-likeness (QED) is 0.359. The number of ether oxygens (including phenoxy) is 1. The average molecular weight is 455 g/mol. The molecule has 6 nitrogen and oxygen atoms in total. The zero-order chi connectivity index (χ0) is 23.6. The molecule has 1 aliphatic rings. The molecule has 1 aliphatic heterocycles. The summed E-state index contributed by atoms with van der Waals surface area (Å²) in [7, 11) is 1.55. The number of nitrogens with one attached hydrogen (secondary N) is 2. The molecule has 0 aromatic heterocycles. The Morgan fingerprint density at radius 2 is 1.88 bits per heavy atom. The van der Waals surface area contributed by atoms with E-state index in [0.29, 0.717) is 35.7 Å². The Labute approximate surface area is 187 Å². The van der Waals surface area contributed by atoms with E-state index in [-0.39, 0.29) is 16.8 Å². The molecule has 0 radical (unpaired) electrons. The minimum atomic E-state index is -4.55. The fourth-order valence-electron chi connectivity index (χ4n) is 3.71. The lowest BCUT2D eigenvalue weighted by atomic mass is 9.94. The number of halogens is 3. The first kappa shape index (κ1) is 22.5. The number of hydrogen-bond acceptors (Lipinski definition) is 5. The van der Waals surface area contributed by atoms with Crippen LogP contribution in [0.2, 0.25) is 0 Å². The first-order valence-corrected chi connectivity index (χ1v) is 10.00. The van der Waals surface area contributed by atoms with Crippen LogP contribution in [0, 0.1) is 0 Å². The SMILES string of the molecule is COCc1ccc(-c2cc3c(cc2C(F)(F)F)N=C(Nc2cccc(C(=O)NO)c2)C3)cc1.